The summed E-state index contributed by atoms with van der Waals surface area (Å²) in [5.74, 6) is -0.959. The number of amides is 1. The van der Waals surface area contributed by atoms with E-state index in [4.69, 9.17) is 23.2 Å². The Morgan fingerprint density at radius 1 is 1.19 bits per heavy atom. The first-order valence-corrected chi connectivity index (χ1v) is 9.74. The van der Waals surface area contributed by atoms with Gasteiger partial charge in [0, 0.05) is 10.6 Å². The molecule has 31 heavy (non-hydrogen) atoms. The lowest BCUT2D eigenvalue weighted by atomic mass is 10.1. The number of anilines is 1. The predicted molar refractivity (Wildman–Crippen MR) is 109 cm³/mol. The zero-order valence-corrected chi connectivity index (χ0v) is 17.3. The van der Waals surface area contributed by atoms with Crippen molar-refractivity contribution in [2.45, 2.75) is 6.61 Å². The summed E-state index contributed by atoms with van der Waals surface area (Å²) in [5.41, 5.74) is 0.337. The fourth-order valence-corrected chi connectivity index (χ4v) is 3.46. The number of hydrogen-bond acceptors (Lipinski definition) is 6. The first kappa shape index (κ1) is 21.3. The van der Waals surface area contributed by atoms with Crippen molar-refractivity contribution in [3.8, 4) is 17.0 Å². The summed E-state index contributed by atoms with van der Waals surface area (Å²) in [5, 5.41) is 10.7. The number of fused-ring (bicyclic) bond motifs is 1. The van der Waals surface area contributed by atoms with Crippen LogP contribution in [-0.4, -0.2) is 36.3 Å². The van der Waals surface area contributed by atoms with Crippen LogP contribution in [0.4, 0.5) is 18.4 Å². The van der Waals surface area contributed by atoms with Crippen molar-refractivity contribution in [3.05, 3.63) is 58.6 Å². The van der Waals surface area contributed by atoms with Crippen molar-refractivity contribution in [1.29, 1.82) is 0 Å². The van der Waals surface area contributed by atoms with Gasteiger partial charge in [0.2, 0.25) is 0 Å². The molecule has 3 heterocycles. The Hall–Kier alpha value is -2.96. The van der Waals surface area contributed by atoms with Gasteiger partial charge in [0.25, 0.3) is 5.91 Å². The highest BCUT2D eigenvalue weighted by Gasteiger charge is 2.23. The maximum absolute atomic E-state index is 13.5. The molecule has 0 bridgehead atoms. The van der Waals surface area contributed by atoms with Crippen LogP contribution in [0, 0.1) is 0 Å². The SMILES string of the molecule is O=C(Nc1cnn(SF)c1-c1cc(Cl)ccc1OC(F)F)c1cnc2ccc(Cl)nn12. The van der Waals surface area contributed by atoms with Gasteiger partial charge in [-0.15, -0.1) is 3.89 Å². The van der Waals surface area contributed by atoms with Gasteiger partial charge in [-0.3, -0.25) is 4.79 Å². The monoisotopic (exact) mass is 488 g/mol. The summed E-state index contributed by atoms with van der Waals surface area (Å²) in [6, 6.07) is 6.89. The van der Waals surface area contributed by atoms with E-state index in [1.165, 1.54) is 35.0 Å². The number of nitrogens with one attached hydrogen (secondary N) is 1. The molecule has 0 spiro atoms. The maximum atomic E-state index is 13.5. The number of carbonyl (C=O) groups is 1. The van der Waals surface area contributed by atoms with E-state index in [1.54, 1.807) is 6.07 Å². The average Bonchev–Trinajstić information content (AvgIpc) is 3.32. The van der Waals surface area contributed by atoms with Crippen LogP contribution in [-0.2, 0) is 0 Å². The smallest absolute Gasteiger partial charge is 0.387 e. The van der Waals surface area contributed by atoms with Crippen molar-refractivity contribution in [2.24, 2.45) is 0 Å². The fourth-order valence-electron chi connectivity index (χ4n) is 2.80. The molecular formula is C17H9Cl2F3N6O2S. The standard InChI is InChI=1S/C17H9Cl2F3N6O2S/c18-8-1-2-12(30-17(20)21)9(5-8)15-10(6-24-28(15)31-22)25-16(29)11-7-23-14-4-3-13(19)26-27(11)14/h1-7,17H,(H,25,29). The van der Waals surface area contributed by atoms with Gasteiger partial charge in [-0.25, -0.2) is 9.50 Å². The van der Waals surface area contributed by atoms with Crippen molar-refractivity contribution in [2.75, 3.05) is 5.32 Å². The largest absolute Gasteiger partial charge is 0.434 e. The Balaban J connectivity index is 1.77. The molecule has 0 saturated heterocycles. The highest BCUT2D eigenvalue weighted by atomic mass is 35.5. The third-order valence-electron chi connectivity index (χ3n) is 4.03. The molecule has 0 aliphatic heterocycles. The van der Waals surface area contributed by atoms with E-state index in [9.17, 15) is 17.5 Å². The molecule has 0 unspecified atom stereocenters. The van der Waals surface area contributed by atoms with E-state index in [0.717, 1.165) is 10.3 Å². The summed E-state index contributed by atoms with van der Waals surface area (Å²) in [7, 11) is 0. The van der Waals surface area contributed by atoms with Crippen molar-refractivity contribution in [1.82, 2.24) is 23.8 Å². The normalized spacial score (nSPS) is 11.3. The quantitative estimate of drug-likeness (QED) is 0.404. The molecule has 14 heteroatoms. The topological polar surface area (TPSA) is 86.3 Å². The molecule has 0 saturated carbocycles. The highest BCUT2D eigenvalue weighted by molar-refractivity contribution is 7.92. The third-order valence-corrected chi connectivity index (χ3v) is 4.87. The van der Waals surface area contributed by atoms with Gasteiger partial charge in [-0.05, 0) is 30.3 Å². The van der Waals surface area contributed by atoms with Crippen LogP contribution in [0.15, 0.2) is 42.7 Å². The lowest BCUT2D eigenvalue weighted by Gasteiger charge is -2.13. The minimum Gasteiger partial charge on any atom is -0.434 e. The molecule has 160 valence electrons. The number of nitrogens with zero attached hydrogens (tertiary/aromatic N) is 5. The first-order chi connectivity index (χ1) is 14.9. The van der Waals surface area contributed by atoms with Crippen LogP contribution in [0.1, 0.15) is 10.5 Å². The lowest BCUT2D eigenvalue weighted by molar-refractivity contribution is -0.0494. The molecule has 0 aliphatic carbocycles. The molecule has 4 rings (SSSR count). The van der Waals surface area contributed by atoms with E-state index < -0.39 is 12.5 Å². The van der Waals surface area contributed by atoms with E-state index >= 15 is 0 Å². The Morgan fingerprint density at radius 2 is 2.00 bits per heavy atom. The Morgan fingerprint density at radius 3 is 2.74 bits per heavy atom. The van der Waals surface area contributed by atoms with Crippen LogP contribution >= 0.6 is 35.5 Å². The van der Waals surface area contributed by atoms with Crippen molar-refractivity contribution < 1.29 is 22.2 Å². The number of ether oxygens (including phenoxy) is 1. The van der Waals surface area contributed by atoms with Crippen LogP contribution in [0.25, 0.3) is 16.9 Å². The zero-order valence-electron chi connectivity index (χ0n) is 15.0. The molecule has 1 amide bonds. The number of alkyl halides is 2. The molecule has 1 N–H and O–H groups in total. The average molecular weight is 489 g/mol. The van der Waals surface area contributed by atoms with Crippen LogP contribution in [0.2, 0.25) is 10.2 Å². The van der Waals surface area contributed by atoms with Gasteiger partial charge in [-0.2, -0.15) is 23.1 Å². The summed E-state index contributed by atoms with van der Waals surface area (Å²) in [4.78, 5) is 16.9. The van der Waals surface area contributed by atoms with Gasteiger partial charge < -0.3 is 10.1 Å². The number of aromatic nitrogens is 5. The van der Waals surface area contributed by atoms with E-state index in [1.807, 2.05) is 0 Å². The molecule has 0 radical (unpaired) electrons. The molecule has 1 aromatic carbocycles. The summed E-state index contributed by atoms with van der Waals surface area (Å²) in [6.07, 6.45) is 2.42. The summed E-state index contributed by atoms with van der Waals surface area (Å²) < 4.78 is 45.7. The fraction of sp³-hybridized carbons (Fsp3) is 0.0588. The van der Waals surface area contributed by atoms with Gasteiger partial charge in [0.15, 0.2) is 23.7 Å². The molecular weight excluding hydrogens is 480 g/mol. The van der Waals surface area contributed by atoms with Gasteiger partial charge >= 0.3 is 6.61 Å². The van der Waals surface area contributed by atoms with E-state index in [-0.39, 0.29) is 50.9 Å². The number of hydrogen-bond donors (Lipinski definition) is 1. The Labute approximate surface area is 186 Å². The molecule has 0 aliphatic rings. The Bertz CT molecular complexity index is 1280. The van der Waals surface area contributed by atoms with E-state index in [0.29, 0.717) is 5.65 Å². The second-order valence-corrected chi connectivity index (χ2v) is 7.20. The van der Waals surface area contributed by atoms with Gasteiger partial charge in [-0.1, -0.05) is 23.2 Å². The predicted octanol–water partition coefficient (Wildman–Crippen LogP) is 5.13. The second kappa shape index (κ2) is 8.65. The number of rotatable bonds is 6. The molecule has 0 fully saturated rings. The molecule has 4 aromatic rings. The third kappa shape index (κ3) is 4.27. The number of imidazole rings is 1. The maximum Gasteiger partial charge on any atom is 0.387 e. The molecule has 8 nitrogen and oxygen atoms in total. The van der Waals surface area contributed by atoms with Gasteiger partial charge in [0.1, 0.15) is 16.6 Å². The van der Waals surface area contributed by atoms with Crippen molar-refractivity contribution >= 4 is 52.8 Å². The van der Waals surface area contributed by atoms with E-state index in [2.05, 4.69) is 25.2 Å². The lowest BCUT2D eigenvalue weighted by Crippen LogP contribution is -2.15. The number of carbonyl (C=O) groups excluding carboxylic acids is 1. The summed E-state index contributed by atoms with van der Waals surface area (Å²) in [6.45, 7) is -3.14. The van der Waals surface area contributed by atoms with Crippen LogP contribution in [0.5, 0.6) is 5.75 Å². The molecule has 3 aromatic heterocycles. The number of halogens is 5. The number of benzene rings is 1. The summed E-state index contributed by atoms with van der Waals surface area (Å²) >= 11 is 11.6. The highest BCUT2D eigenvalue weighted by Crippen LogP contribution is 2.39. The van der Waals surface area contributed by atoms with Crippen molar-refractivity contribution in [3.63, 3.8) is 0 Å². The van der Waals surface area contributed by atoms with Gasteiger partial charge in [0.05, 0.1) is 18.1 Å². The van der Waals surface area contributed by atoms with Crippen LogP contribution in [0.3, 0.4) is 0 Å². The second-order valence-electron chi connectivity index (χ2n) is 5.89. The molecule has 0 atom stereocenters. The van der Waals surface area contributed by atoms with Crippen LogP contribution < -0.4 is 10.1 Å². The zero-order chi connectivity index (χ0) is 22.1. The first-order valence-electron chi connectivity index (χ1n) is 8.31. The minimum atomic E-state index is -3.14. The minimum absolute atomic E-state index is 0.00788. The Kier molecular flexibility index (Phi) is 5.94.